The van der Waals surface area contributed by atoms with E-state index in [-0.39, 0.29) is 5.91 Å². The third-order valence-electron chi connectivity index (χ3n) is 4.74. The number of hydrogen-bond acceptors (Lipinski definition) is 5. The SMILES string of the molecule is CNCCNC(=O)c1ccc(Nc2nc3cccc(-c4cccc(C)c4)n3n2)cc1. The Morgan fingerprint density at radius 2 is 1.80 bits per heavy atom. The molecule has 30 heavy (non-hydrogen) atoms. The van der Waals surface area contributed by atoms with Crippen molar-refractivity contribution in [2.24, 2.45) is 0 Å². The molecule has 0 aliphatic rings. The number of likely N-dealkylation sites (N-methyl/N-ethyl adjacent to an activating group) is 1. The fourth-order valence-corrected chi connectivity index (χ4v) is 3.22. The zero-order valence-electron chi connectivity index (χ0n) is 17.0. The van der Waals surface area contributed by atoms with Gasteiger partial charge in [-0.05, 0) is 56.4 Å². The number of fused-ring (bicyclic) bond motifs is 1. The molecule has 0 fully saturated rings. The van der Waals surface area contributed by atoms with Crippen molar-refractivity contribution in [1.29, 1.82) is 0 Å². The molecule has 7 heteroatoms. The van der Waals surface area contributed by atoms with Crippen LogP contribution in [0.3, 0.4) is 0 Å². The van der Waals surface area contributed by atoms with E-state index in [9.17, 15) is 4.79 Å². The van der Waals surface area contributed by atoms with Crippen LogP contribution in [0.1, 0.15) is 15.9 Å². The first-order chi connectivity index (χ1) is 14.6. The third kappa shape index (κ3) is 4.31. The average molecular weight is 400 g/mol. The number of amides is 1. The van der Waals surface area contributed by atoms with Crippen LogP contribution in [0.4, 0.5) is 11.6 Å². The summed E-state index contributed by atoms with van der Waals surface area (Å²) in [6, 6.07) is 21.5. The highest BCUT2D eigenvalue weighted by Crippen LogP contribution is 2.23. The van der Waals surface area contributed by atoms with E-state index in [2.05, 4.69) is 51.2 Å². The molecular weight excluding hydrogens is 376 g/mol. The summed E-state index contributed by atoms with van der Waals surface area (Å²) in [6.45, 7) is 3.39. The maximum Gasteiger partial charge on any atom is 0.251 e. The van der Waals surface area contributed by atoms with E-state index in [1.807, 2.05) is 48.0 Å². The number of rotatable bonds is 7. The van der Waals surface area contributed by atoms with Gasteiger partial charge in [-0.3, -0.25) is 4.79 Å². The molecule has 0 bridgehead atoms. The van der Waals surface area contributed by atoms with Gasteiger partial charge in [0.25, 0.3) is 5.91 Å². The lowest BCUT2D eigenvalue weighted by molar-refractivity contribution is 0.0954. The molecule has 4 rings (SSSR count). The Morgan fingerprint density at radius 3 is 2.57 bits per heavy atom. The summed E-state index contributed by atoms with van der Waals surface area (Å²) in [5.41, 5.74) is 5.45. The zero-order valence-corrected chi connectivity index (χ0v) is 17.0. The number of carbonyl (C=O) groups is 1. The van der Waals surface area contributed by atoms with Crippen molar-refractivity contribution in [2.45, 2.75) is 6.92 Å². The van der Waals surface area contributed by atoms with Gasteiger partial charge in [0.05, 0.1) is 5.69 Å². The van der Waals surface area contributed by atoms with Crippen LogP contribution in [0.15, 0.2) is 66.7 Å². The van der Waals surface area contributed by atoms with E-state index >= 15 is 0 Å². The van der Waals surface area contributed by atoms with Gasteiger partial charge in [-0.2, -0.15) is 4.98 Å². The highest BCUT2D eigenvalue weighted by Gasteiger charge is 2.10. The Labute approximate surface area is 175 Å². The number of hydrogen-bond donors (Lipinski definition) is 3. The number of anilines is 2. The largest absolute Gasteiger partial charge is 0.351 e. The summed E-state index contributed by atoms with van der Waals surface area (Å²) in [4.78, 5) is 16.7. The van der Waals surface area contributed by atoms with Crippen LogP contribution >= 0.6 is 0 Å². The highest BCUT2D eigenvalue weighted by atomic mass is 16.1. The zero-order chi connectivity index (χ0) is 20.9. The van der Waals surface area contributed by atoms with Crippen LogP contribution < -0.4 is 16.0 Å². The first-order valence-electron chi connectivity index (χ1n) is 9.87. The Kier molecular flexibility index (Phi) is 5.72. The van der Waals surface area contributed by atoms with Gasteiger partial charge in [0, 0.05) is 29.9 Å². The van der Waals surface area contributed by atoms with E-state index in [1.165, 1.54) is 5.56 Å². The van der Waals surface area contributed by atoms with E-state index in [1.54, 1.807) is 12.1 Å². The molecule has 0 aliphatic carbocycles. The maximum atomic E-state index is 12.1. The minimum atomic E-state index is -0.0922. The first kappa shape index (κ1) is 19.6. The second-order valence-electron chi connectivity index (χ2n) is 7.05. The smallest absolute Gasteiger partial charge is 0.251 e. The number of nitrogens with one attached hydrogen (secondary N) is 3. The molecule has 152 valence electrons. The molecule has 0 saturated heterocycles. The standard InChI is InChI=1S/C23H24N6O/c1-16-5-3-6-18(15-16)20-7-4-8-21-27-23(28-29(20)21)26-19-11-9-17(10-12-19)22(30)25-14-13-24-2/h3-12,15,24H,13-14H2,1-2H3,(H,25,30)(H,26,28). The van der Waals surface area contributed by atoms with Gasteiger partial charge in [0.15, 0.2) is 5.65 Å². The molecule has 1 amide bonds. The summed E-state index contributed by atoms with van der Waals surface area (Å²) < 4.78 is 1.83. The molecule has 0 aliphatic heterocycles. The van der Waals surface area contributed by atoms with Crippen molar-refractivity contribution in [3.8, 4) is 11.3 Å². The van der Waals surface area contributed by atoms with Crippen molar-refractivity contribution >= 4 is 23.2 Å². The summed E-state index contributed by atoms with van der Waals surface area (Å²) in [7, 11) is 1.85. The van der Waals surface area contributed by atoms with E-state index < -0.39 is 0 Å². The van der Waals surface area contributed by atoms with Gasteiger partial charge < -0.3 is 16.0 Å². The van der Waals surface area contributed by atoms with E-state index in [0.717, 1.165) is 29.1 Å². The van der Waals surface area contributed by atoms with Gasteiger partial charge in [0.2, 0.25) is 5.95 Å². The molecule has 0 saturated carbocycles. The number of aryl methyl sites for hydroxylation is 1. The van der Waals surface area contributed by atoms with Crippen molar-refractivity contribution < 1.29 is 4.79 Å². The van der Waals surface area contributed by atoms with Crippen LogP contribution in [0.2, 0.25) is 0 Å². The fraction of sp³-hybridized carbons (Fsp3) is 0.174. The Balaban J connectivity index is 1.53. The number of pyridine rings is 1. The van der Waals surface area contributed by atoms with Crippen LogP contribution in [-0.4, -0.2) is 40.6 Å². The molecule has 0 atom stereocenters. The van der Waals surface area contributed by atoms with Crippen molar-refractivity contribution in [1.82, 2.24) is 25.2 Å². The van der Waals surface area contributed by atoms with E-state index in [0.29, 0.717) is 18.1 Å². The molecule has 2 aromatic carbocycles. The quantitative estimate of drug-likeness (QED) is 0.414. The highest BCUT2D eigenvalue weighted by molar-refractivity contribution is 5.94. The Bertz CT molecular complexity index is 1170. The molecule has 0 radical (unpaired) electrons. The van der Waals surface area contributed by atoms with Gasteiger partial charge in [-0.15, -0.1) is 5.10 Å². The monoisotopic (exact) mass is 400 g/mol. The molecule has 2 heterocycles. The number of nitrogens with zero attached hydrogens (tertiary/aromatic N) is 3. The lowest BCUT2D eigenvalue weighted by atomic mass is 10.1. The molecule has 0 spiro atoms. The Morgan fingerprint density at radius 1 is 1.00 bits per heavy atom. The third-order valence-corrected chi connectivity index (χ3v) is 4.74. The van der Waals surface area contributed by atoms with Crippen LogP contribution in [0.5, 0.6) is 0 Å². The minimum absolute atomic E-state index is 0.0922. The van der Waals surface area contributed by atoms with E-state index in [4.69, 9.17) is 0 Å². The van der Waals surface area contributed by atoms with Gasteiger partial charge in [-0.1, -0.05) is 29.8 Å². The van der Waals surface area contributed by atoms with Crippen molar-refractivity contribution in [2.75, 3.05) is 25.5 Å². The van der Waals surface area contributed by atoms with Crippen molar-refractivity contribution in [3.05, 3.63) is 77.9 Å². The van der Waals surface area contributed by atoms with Crippen molar-refractivity contribution in [3.63, 3.8) is 0 Å². The molecule has 3 N–H and O–H groups in total. The lowest BCUT2D eigenvalue weighted by Gasteiger charge is -2.06. The Hall–Kier alpha value is -3.71. The topological polar surface area (TPSA) is 83.3 Å². The summed E-state index contributed by atoms with van der Waals surface area (Å²) in [5.74, 6) is 0.409. The lowest BCUT2D eigenvalue weighted by Crippen LogP contribution is -2.30. The molecular formula is C23H24N6O. The second-order valence-corrected chi connectivity index (χ2v) is 7.05. The van der Waals surface area contributed by atoms with Gasteiger partial charge in [-0.25, -0.2) is 4.52 Å². The summed E-state index contributed by atoms with van der Waals surface area (Å²) in [6.07, 6.45) is 0. The number of carbonyl (C=O) groups excluding carboxylic acids is 1. The predicted octanol–water partition coefficient (Wildman–Crippen LogP) is 3.40. The molecule has 0 unspecified atom stereocenters. The fourth-order valence-electron chi connectivity index (χ4n) is 3.22. The molecule has 4 aromatic rings. The minimum Gasteiger partial charge on any atom is -0.351 e. The second kappa shape index (κ2) is 8.75. The maximum absolute atomic E-state index is 12.1. The van der Waals surface area contributed by atoms with Gasteiger partial charge in [0.1, 0.15) is 0 Å². The predicted molar refractivity (Wildman–Crippen MR) is 119 cm³/mol. The summed E-state index contributed by atoms with van der Waals surface area (Å²) >= 11 is 0. The average Bonchev–Trinajstić information content (AvgIpc) is 3.17. The molecule has 2 aromatic heterocycles. The van der Waals surface area contributed by atoms with Crippen LogP contribution in [-0.2, 0) is 0 Å². The van der Waals surface area contributed by atoms with Gasteiger partial charge >= 0.3 is 0 Å². The number of benzene rings is 2. The first-order valence-corrected chi connectivity index (χ1v) is 9.87. The number of aromatic nitrogens is 3. The molecule has 7 nitrogen and oxygen atoms in total. The normalized spacial score (nSPS) is 10.9. The van der Waals surface area contributed by atoms with Crippen LogP contribution in [0.25, 0.3) is 16.9 Å². The summed E-state index contributed by atoms with van der Waals surface area (Å²) in [5, 5.41) is 13.7. The van der Waals surface area contributed by atoms with Crippen LogP contribution in [0, 0.1) is 6.92 Å².